The first-order valence-corrected chi connectivity index (χ1v) is 8.37. The van der Waals surface area contributed by atoms with Gasteiger partial charge in [0.05, 0.1) is 12.4 Å². The topological polar surface area (TPSA) is 69.4 Å². The number of sulfone groups is 1. The lowest BCUT2D eigenvalue weighted by Crippen LogP contribution is -2.12. The van der Waals surface area contributed by atoms with Crippen molar-refractivity contribution in [3.05, 3.63) is 29.3 Å². The maximum absolute atomic E-state index is 11.3. The summed E-state index contributed by atoms with van der Waals surface area (Å²) in [4.78, 5) is 0. The summed E-state index contributed by atoms with van der Waals surface area (Å²) in [6.45, 7) is 5.97. The van der Waals surface area contributed by atoms with E-state index in [-0.39, 0.29) is 17.5 Å². The summed E-state index contributed by atoms with van der Waals surface area (Å²) in [5, 5.41) is 0. The Hall–Kier alpha value is -1.07. The molecular weight excluding hydrogens is 262 g/mol. The van der Waals surface area contributed by atoms with Crippen molar-refractivity contribution in [1.29, 1.82) is 0 Å². The maximum atomic E-state index is 11.3. The van der Waals surface area contributed by atoms with Crippen molar-refractivity contribution in [2.45, 2.75) is 33.2 Å². The van der Waals surface area contributed by atoms with E-state index in [0.717, 1.165) is 16.9 Å². The number of nitrogens with two attached hydrogens (primary N) is 1. The van der Waals surface area contributed by atoms with Crippen molar-refractivity contribution in [3.8, 4) is 5.75 Å². The molecule has 5 heteroatoms. The first kappa shape index (κ1) is 16.0. The van der Waals surface area contributed by atoms with Gasteiger partial charge in [0.2, 0.25) is 0 Å². The molecule has 0 saturated carbocycles. The van der Waals surface area contributed by atoms with Crippen LogP contribution in [0, 0.1) is 6.92 Å². The zero-order chi connectivity index (χ0) is 14.5. The minimum Gasteiger partial charge on any atom is -0.493 e. The van der Waals surface area contributed by atoms with Crippen LogP contribution < -0.4 is 10.5 Å². The van der Waals surface area contributed by atoms with E-state index in [1.165, 1.54) is 0 Å². The molecule has 0 amide bonds. The second-order valence-corrected chi connectivity index (χ2v) is 7.22. The summed E-state index contributed by atoms with van der Waals surface area (Å²) in [7, 11) is -2.90. The van der Waals surface area contributed by atoms with Gasteiger partial charge in [0.1, 0.15) is 15.6 Å². The molecule has 1 atom stereocenters. The Bertz CT molecular complexity index is 509. The van der Waals surface area contributed by atoms with E-state index in [1.54, 1.807) is 6.92 Å². The summed E-state index contributed by atoms with van der Waals surface area (Å²) < 4.78 is 28.3. The fourth-order valence-corrected chi connectivity index (χ4v) is 2.57. The van der Waals surface area contributed by atoms with Gasteiger partial charge in [-0.2, -0.15) is 0 Å². The first-order chi connectivity index (χ1) is 8.85. The van der Waals surface area contributed by atoms with Gasteiger partial charge < -0.3 is 10.5 Å². The molecule has 108 valence electrons. The third-order valence-electron chi connectivity index (χ3n) is 3.02. The lowest BCUT2D eigenvalue weighted by atomic mass is 10.1. The van der Waals surface area contributed by atoms with Crippen molar-refractivity contribution in [2.75, 3.05) is 18.1 Å². The summed E-state index contributed by atoms with van der Waals surface area (Å²) >= 11 is 0. The van der Waals surface area contributed by atoms with Crippen molar-refractivity contribution in [2.24, 2.45) is 5.73 Å². The summed E-state index contributed by atoms with van der Waals surface area (Å²) in [5.74, 6) is 1.16. The number of ether oxygens (including phenoxy) is 1. The molecule has 4 nitrogen and oxygen atoms in total. The van der Waals surface area contributed by atoms with Gasteiger partial charge in [-0.3, -0.25) is 0 Å². The molecule has 0 aromatic heterocycles. The predicted molar refractivity (Wildman–Crippen MR) is 78.2 cm³/mol. The van der Waals surface area contributed by atoms with Crippen LogP contribution in [0.15, 0.2) is 18.2 Å². The second-order valence-electron chi connectivity index (χ2n) is 4.75. The standard InChI is InChI=1S/C14H23NO3S/c1-4-19(16,17)9-5-8-18-14-7-6-13(12(3)15)10-11(14)2/h6-7,10,12H,4-5,8-9,15H2,1-3H3. The monoisotopic (exact) mass is 285 g/mol. The van der Waals surface area contributed by atoms with Gasteiger partial charge in [0.15, 0.2) is 0 Å². The van der Waals surface area contributed by atoms with Crippen molar-refractivity contribution < 1.29 is 13.2 Å². The van der Waals surface area contributed by atoms with E-state index in [0.29, 0.717) is 13.0 Å². The van der Waals surface area contributed by atoms with E-state index in [4.69, 9.17) is 10.5 Å². The molecule has 0 radical (unpaired) electrons. The van der Waals surface area contributed by atoms with Crippen molar-refractivity contribution in [3.63, 3.8) is 0 Å². The predicted octanol–water partition coefficient (Wildman–Crippen LogP) is 2.22. The Kier molecular flexibility index (Phi) is 5.82. The van der Waals surface area contributed by atoms with Crippen molar-refractivity contribution >= 4 is 9.84 Å². The van der Waals surface area contributed by atoms with Crippen LogP contribution in [0.5, 0.6) is 5.75 Å². The lowest BCUT2D eigenvalue weighted by Gasteiger charge is -2.12. The highest BCUT2D eigenvalue weighted by atomic mass is 32.2. The molecular formula is C14H23NO3S. The Morgan fingerprint density at radius 1 is 1.37 bits per heavy atom. The van der Waals surface area contributed by atoms with E-state index < -0.39 is 9.84 Å². The van der Waals surface area contributed by atoms with Gasteiger partial charge in [-0.1, -0.05) is 19.1 Å². The first-order valence-electron chi connectivity index (χ1n) is 6.55. The molecule has 0 saturated heterocycles. The minimum absolute atomic E-state index is 0.00227. The summed E-state index contributed by atoms with van der Waals surface area (Å²) in [6.07, 6.45) is 0.519. The van der Waals surface area contributed by atoms with Gasteiger partial charge in [-0.15, -0.1) is 0 Å². The molecule has 0 aliphatic carbocycles. The third-order valence-corrected chi connectivity index (χ3v) is 4.81. The zero-order valence-electron chi connectivity index (χ0n) is 11.8. The molecule has 2 N–H and O–H groups in total. The minimum atomic E-state index is -2.90. The zero-order valence-corrected chi connectivity index (χ0v) is 12.7. The Labute approximate surface area is 115 Å². The molecule has 0 heterocycles. The largest absolute Gasteiger partial charge is 0.493 e. The highest BCUT2D eigenvalue weighted by molar-refractivity contribution is 7.91. The molecule has 0 spiro atoms. The fourth-order valence-electron chi connectivity index (χ4n) is 1.72. The molecule has 0 aliphatic heterocycles. The Morgan fingerprint density at radius 3 is 2.58 bits per heavy atom. The quantitative estimate of drug-likeness (QED) is 0.780. The van der Waals surface area contributed by atoms with Crippen LogP contribution in [0.1, 0.15) is 37.4 Å². The van der Waals surface area contributed by atoms with Gasteiger partial charge in [0, 0.05) is 11.8 Å². The van der Waals surface area contributed by atoms with E-state index in [2.05, 4.69) is 0 Å². The van der Waals surface area contributed by atoms with E-state index >= 15 is 0 Å². The van der Waals surface area contributed by atoms with Crippen LogP contribution in [0.2, 0.25) is 0 Å². The number of benzene rings is 1. The molecule has 1 rings (SSSR count). The second kappa shape index (κ2) is 6.91. The summed E-state index contributed by atoms with van der Waals surface area (Å²) in [6, 6.07) is 5.84. The SMILES string of the molecule is CCS(=O)(=O)CCCOc1ccc(C(C)N)cc1C. The van der Waals surface area contributed by atoms with Gasteiger partial charge in [0.25, 0.3) is 0 Å². The molecule has 1 aromatic carbocycles. The van der Waals surface area contributed by atoms with Gasteiger partial charge in [-0.25, -0.2) is 8.42 Å². The van der Waals surface area contributed by atoms with Crippen LogP contribution in [0.3, 0.4) is 0 Å². The molecule has 1 aromatic rings. The van der Waals surface area contributed by atoms with Crippen molar-refractivity contribution in [1.82, 2.24) is 0 Å². The van der Waals surface area contributed by atoms with Crippen LogP contribution in [-0.4, -0.2) is 26.5 Å². The van der Waals surface area contributed by atoms with Crippen LogP contribution in [0.25, 0.3) is 0 Å². The van der Waals surface area contributed by atoms with Crippen LogP contribution >= 0.6 is 0 Å². The lowest BCUT2D eigenvalue weighted by molar-refractivity contribution is 0.315. The van der Waals surface area contributed by atoms with Crippen LogP contribution in [0.4, 0.5) is 0 Å². The Morgan fingerprint density at radius 2 is 2.05 bits per heavy atom. The maximum Gasteiger partial charge on any atom is 0.150 e. The fraction of sp³-hybridized carbons (Fsp3) is 0.571. The molecule has 1 unspecified atom stereocenters. The average Bonchev–Trinajstić information content (AvgIpc) is 2.36. The number of rotatable bonds is 7. The molecule has 0 fully saturated rings. The highest BCUT2D eigenvalue weighted by Crippen LogP contribution is 2.21. The number of hydrogen-bond acceptors (Lipinski definition) is 4. The Balaban J connectivity index is 2.50. The molecule has 0 bridgehead atoms. The number of aryl methyl sites for hydroxylation is 1. The smallest absolute Gasteiger partial charge is 0.150 e. The highest BCUT2D eigenvalue weighted by Gasteiger charge is 2.08. The molecule has 0 aliphatic rings. The van der Waals surface area contributed by atoms with Crippen LogP contribution in [-0.2, 0) is 9.84 Å². The van der Waals surface area contributed by atoms with Gasteiger partial charge >= 0.3 is 0 Å². The normalized spacial score (nSPS) is 13.3. The molecule has 19 heavy (non-hydrogen) atoms. The van der Waals surface area contributed by atoms with Gasteiger partial charge in [-0.05, 0) is 37.5 Å². The number of hydrogen-bond donors (Lipinski definition) is 1. The average molecular weight is 285 g/mol. The van der Waals surface area contributed by atoms with E-state index in [1.807, 2.05) is 32.0 Å². The third kappa shape index (κ3) is 5.20. The summed E-state index contributed by atoms with van der Waals surface area (Å²) in [5.41, 5.74) is 7.90. The van der Waals surface area contributed by atoms with E-state index in [9.17, 15) is 8.42 Å².